The van der Waals surface area contributed by atoms with Crippen LogP contribution < -0.4 is 5.01 Å². The normalized spacial score (nSPS) is 20.1. The van der Waals surface area contributed by atoms with Gasteiger partial charge in [-0.1, -0.05) is 11.6 Å². The van der Waals surface area contributed by atoms with Crippen molar-refractivity contribution in [2.45, 2.75) is 18.9 Å². The van der Waals surface area contributed by atoms with Crippen molar-refractivity contribution in [1.82, 2.24) is 4.98 Å². The van der Waals surface area contributed by atoms with Crippen LogP contribution in [0.5, 0.6) is 0 Å². The first-order valence-corrected chi connectivity index (χ1v) is 6.13. The fourth-order valence-electron chi connectivity index (χ4n) is 1.66. The second-order valence-corrected chi connectivity index (χ2v) is 4.82. The molecule has 0 saturated heterocycles. The average molecular weight is 305 g/mol. The van der Waals surface area contributed by atoms with Gasteiger partial charge in [0.1, 0.15) is 4.62 Å². The van der Waals surface area contributed by atoms with Crippen molar-refractivity contribution in [3.63, 3.8) is 0 Å². The van der Waals surface area contributed by atoms with Crippen LogP contribution >= 0.6 is 27.5 Å². The van der Waals surface area contributed by atoms with Crippen LogP contribution in [0, 0.1) is 0 Å². The molecule has 0 spiro atoms. The average Bonchev–Trinajstić information content (AvgIpc) is 2.61. The lowest BCUT2D eigenvalue weighted by Gasteiger charge is -2.22. The van der Waals surface area contributed by atoms with Crippen LogP contribution in [-0.2, 0) is 0 Å². The minimum Gasteiger partial charge on any atom is -0.396 e. The summed E-state index contributed by atoms with van der Waals surface area (Å²) in [5.41, 5.74) is 0. The minimum absolute atomic E-state index is 0.117. The topological polar surface area (TPSA) is 48.7 Å². The van der Waals surface area contributed by atoms with Crippen molar-refractivity contribution in [2.75, 3.05) is 11.6 Å². The Morgan fingerprint density at radius 1 is 1.62 bits per heavy atom. The zero-order chi connectivity index (χ0) is 11.5. The van der Waals surface area contributed by atoms with Gasteiger partial charge in [0.05, 0.1) is 11.1 Å². The third-order valence-corrected chi connectivity index (χ3v) is 3.16. The molecule has 2 heterocycles. The predicted molar refractivity (Wildman–Crippen MR) is 68.2 cm³/mol. The van der Waals surface area contributed by atoms with E-state index in [0.29, 0.717) is 17.3 Å². The lowest BCUT2D eigenvalue weighted by atomic mass is 10.1. The van der Waals surface area contributed by atoms with Gasteiger partial charge >= 0.3 is 0 Å². The molecule has 0 fully saturated rings. The summed E-state index contributed by atoms with van der Waals surface area (Å²) in [6, 6.07) is 3.68. The van der Waals surface area contributed by atoms with E-state index in [4.69, 9.17) is 16.7 Å². The number of rotatable bonds is 3. The summed E-state index contributed by atoms with van der Waals surface area (Å²) in [6.45, 7) is 0.126. The SMILES string of the molecule is OCCC1CC(Br)=NN1c1ncccc1Cl. The summed E-state index contributed by atoms with van der Waals surface area (Å²) in [5.74, 6) is 0.636. The van der Waals surface area contributed by atoms with Gasteiger partial charge in [-0.05, 0) is 34.5 Å². The van der Waals surface area contributed by atoms with E-state index in [9.17, 15) is 0 Å². The van der Waals surface area contributed by atoms with E-state index in [-0.39, 0.29) is 12.6 Å². The summed E-state index contributed by atoms with van der Waals surface area (Å²) in [7, 11) is 0. The van der Waals surface area contributed by atoms with Gasteiger partial charge in [-0.15, -0.1) is 0 Å². The largest absolute Gasteiger partial charge is 0.396 e. The van der Waals surface area contributed by atoms with E-state index < -0.39 is 0 Å². The maximum Gasteiger partial charge on any atom is 0.168 e. The van der Waals surface area contributed by atoms with Crippen molar-refractivity contribution in [1.29, 1.82) is 0 Å². The van der Waals surface area contributed by atoms with Crippen LogP contribution in [-0.4, -0.2) is 27.4 Å². The van der Waals surface area contributed by atoms with Crippen LogP contribution in [0.2, 0.25) is 5.02 Å². The van der Waals surface area contributed by atoms with E-state index in [1.807, 2.05) is 0 Å². The Bertz CT molecular complexity index is 413. The lowest BCUT2D eigenvalue weighted by Crippen LogP contribution is -2.28. The van der Waals surface area contributed by atoms with Crippen molar-refractivity contribution >= 4 is 38.0 Å². The summed E-state index contributed by atoms with van der Waals surface area (Å²) >= 11 is 9.43. The monoisotopic (exact) mass is 303 g/mol. The summed E-state index contributed by atoms with van der Waals surface area (Å²) in [5, 5.41) is 15.7. The fraction of sp³-hybridized carbons (Fsp3) is 0.400. The molecule has 1 atom stereocenters. The number of anilines is 1. The second-order valence-electron chi connectivity index (χ2n) is 3.50. The molecule has 0 saturated carbocycles. The molecule has 0 radical (unpaired) electrons. The molecule has 0 aliphatic carbocycles. The molecule has 1 N–H and O–H groups in total. The third kappa shape index (κ3) is 2.36. The van der Waals surface area contributed by atoms with Crippen LogP contribution in [0.4, 0.5) is 5.82 Å². The zero-order valence-electron chi connectivity index (χ0n) is 8.48. The molecule has 1 aliphatic heterocycles. The Morgan fingerprint density at radius 3 is 3.12 bits per heavy atom. The van der Waals surface area contributed by atoms with Gasteiger partial charge < -0.3 is 5.11 Å². The van der Waals surface area contributed by atoms with Crippen molar-refractivity contribution in [3.05, 3.63) is 23.4 Å². The molecule has 1 aliphatic rings. The summed E-state index contributed by atoms with van der Waals surface area (Å²) in [6.07, 6.45) is 3.10. The van der Waals surface area contributed by atoms with Crippen LogP contribution in [0.3, 0.4) is 0 Å². The maximum absolute atomic E-state index is 9.00. The van der Waals surface area contributed by atoms with E-state index >= 15 is 0 Å². The Kier molecular flexibility index (Phi) is 3.78. The van der Waals surface area contributed by atoms with Crippen molar-refractivity contribution in [3.8, 4) is 0 Å². The number of aliphatic hydroxyl groups is 1. The molecule has 16 heavy (non-hydrogen) atoms. The molecule has 1 unspecified atom stereocenters. The predicted octanol–water partition coefficient (Wildman–Crippen LogP) is 2.40. The first kappa shape index (κ1) is 11.8. The van der Waals surface area contributed by atoms with E-state index in [0.717, 1.165) is 11.0 Å². The van der Waals surface area contributed by atoms with Gasteiger partial charge in [-0.3, -0.25) is 0 Å². The molecule has 1 aromatic rings. The Morgan fingerprint density at radius 2 is 2.44 bits per heavy atom. The van der Waals surface area contributed by atoms with Gasteiger partial charge in [0.15, 0.2) is 5.82 Å². The number of halogens is 2. The molecule has 1 aromatic heterocycles. The number of hydrogen-bond donors (Lipinski definition) is 1. The zero-order valence-corrected chi connectivity index (χ0v) is 10.8. The number of nitrogens with zero attached hydrogens (tertiary/aromatic N) is 3. The van der Waals surface area contributed by atoms with Gasteiger partial charge in [0.2, 0.25) is 0 Å². The summed E-state index contributed by atoms with van der Waals surface area (Å²) in [4.78, 5) is 4.21. The molecular weight excluding hydrogens is 293 g/mol. The number of aromatic nitrogens is 1. The van der Waals surface area contributed by atoms with Gasteiger partial charge in [-0.25, -0.2) is 9.99 Å². The molecule has 2 rings (SSSR count). The van der Waals surface area contributed by atoms with E-state index in [1.165, 1.54) is 0 Å². The molecule has 0 bridgehead atoms. The highest BCUT2D eigenvalue weighted by molar-refractivity contribution is 9.18. The molecular formula is C10H11BrClN3O. The molecule has 6 heteroatoms. The van der Waals surface area contributed by atoms with E-state index in [2.05, 4.69) is 26.0 Å². The standard InChI is InChI=1S/C10H11BrClN3O/c11-9-6-7(3-5-16)15(14-9)10-8(12)2-1-4-13-10/h1-2,4,7,16H,3,5-6H2. The van der Waals surface area contributed by atoms with Crippen molar-refractivity contribution in [2.24, 2.45) is 5.10 Å². The quantitative estimate of drug-likeness (QED) is 0.933. The van der Waals surface area contributed by atoms with Crippen LogP contribution in [0.1, 0.15) is 12.8 Å². The van der Waals surface area contributed by atoms with Crippen LogP contribution in [0.25, 0.3) is 0 Å². The van der Waals surface area contributed by atoms with Gasteiger partial charge in [0.25, 0.3) is 0 Å². The highest BCUT2D eigenvalue weighted by Gasteiger charge is 2.28. The lowest BCUT2D eigenvalue weighted by molar-refractivity contribution is 0.276. The molecule has 0 amide bonds. The Balaban J connectivity index is 2.28. The molecule has 0 aromatic carbocycles. The number of aliphatic hydroxyl groups excluding tert-OH is 1. The first-order chi connectivity index (χ1) is 7.72. The number of hydrogen-bond acceptors (Lipinski definition) is 4. The van der Waals surface area contributed by atoms with Gasteiger partial charge in [0, 0.05) is 19.2 Å². The Hall–Kier alpha value is -0.650. The van der Waals surface area contributed by atoms with Gasteiger partial charge in [-0.2, -0.15) is 5.10 Å². The smallest absolute Gasteiger partial charge is 0.168 e. The second kappa shape index (κ2) is 5.12. The first-order valence-electron chi connectivity index (χ1n) is 4.96. The Labute approximate surface area is 107 Å². The fourth-order valence-corrected chi connectivity index (χ4v) is 2.41. The van der Waals surface area contributed by atoms with E-state index in [1.54, 1.807) is 23.3 Å². The number of pyridine rings is 1. The van der Waals surface area contributed by atoms with Crippen molar-refractivity contribution < 1.29 is 5.11 Å². The minimum atomic E-state index is 0.117. The highest BCUT2D eigenvalue weighted by atomic mass is 79.9. The highest BCUT2D eigenvalue weighted by Crippen LogP contribution is 2.31. The van der Waals surface area contributed by atoms with Crippen LogP contribution in [0.15, 0.2) is 23.4 Å². The third-order valence-electron chi connectivity index (χ3n) is 2.38. The molecule has 86 valence electrons. The number of hydrazone groups is 1. The maximum atomic E-state index is 9.00. The summed E-state index contributed by atoms with van der Waals surface area (Å²) < 4.78 is 0.854. The molecule has 4 nitrogen and oxygen atoms in total.